The maximum Gasteiger partial charge on any atom is 0.472 e. The lowest BCUT2D eigenvalue weighted by Gasteiger charge is -2.21. The van der Waals surface area contributed by atoms with Crippen LogP contribution in [-0.2, 0) is 65.4 Å². The van der Waals surface area contributed by atoms with Gasteiger partial charge in [0.25, 0.3) is 0 Å². The van der Waals surface area contributed by atoms with Crippen LogP contribution in [0.3, 0.4) is 0 Å². The summed E-state index contributed by atoms with van der Waals surface area (Å²) in [7, 11) is -9.89. The first-order chi connectivity index (χ1) is 40.7. The van der Waals surface area contributed by atoms with Crippen molar-refractivity contribution >= 4 is 39.5 Å². The van der Waals surface area contributed by atoms with E-state index in [0.717, 1.165) is 120 Å². The zero-order chi connectivity index (χ0) is 63.2. The molecule has 0 saturated heterocycles. The van der Waals surface area contributed by atoms with Gasteiger partial charge in [0.05, 0.1) is 26.4 Å². The topological polar surface area (TPSA) is 237 Å². The van der Waals surface area contributed by atoms with Gasteiger partial charge in [0, 0.05) is 25.7 Å². The van der Waals surface area contributed by atoms with Crippen LogP contribution in [0.15, 0.2) is 0 Å². The Morgan fingerprint density at radius 2 is 0.565 bits per heavy atom. The summed E-state index contributed by atoms with van der Waals surface area (Å²) in [5, 5.41) is 10.5. The molecular weight excluding hydrogens is 1130 g/mol. The molecule has 17 nitrogen and oxygen atoms in total. The predicted octanol–water partition coefficient (Wildman–Crippen LogP) is 18.1. The number of esters is 4. The van der Waals surface area contributed by atoms with E-state index in [1.165, 1.54) is 109 Å². The summed E-state index contributed by atoms with van der Waals surface area (Å²) in [6, 6.07) is 0. The van der Waals surface area contributed by atoms with E-state index in [1.54, 1.807) is 0 Å². The minimum absolute atomic E-state index is 0.103. The maximum absolute atomic E-state index is 13.0. The summed E-state index contributed by atoms with van der Waals surface area (Å²) >= 11 is 0. The summed E-state index contributed by atoms with van der Waals surface area (Å²) in [6.45, 7) is 14.0. The molecule has 0 amide bonds. The smallest absolute Gasteiger partial charge is 0.462 e. The molecule has 0 aliphatic carbocycles. The van der Waals surface area contributed by atoms with Crippen molar-refractivity contribution in [1.82, 2.24) is 0 Å². The molecule has 0 aliphatic rings. The molecule has 0 aliphatic heterocycles. The molecule has 0 radical (unpaired) electrons. The highest BCUT2D eigenvalue weighted by Gasteiger charge is 2.30. The molecule has 0 aromatic carbocycles. The third-order valence-corrected chi connectivity index (χ3v) is 17.7. The third kappa shape index (κ3) is 58.2. The first-order valence-electron chi connectivity index (χ1n) is 34.3. The standard InChI is InChI=1S/C66H128O17P2/c1-9-58(7)44-36-28-19-15-11-12-16-20-32-40-48-65(70)82-62(53-77-64(69)47-39-31-25-23-29-37-45-59(8)10-2)55-81-85(74,75)79-51-60(67)50-78-84(72,73)80-54-61(52-76-63(68)46-38-30-24-22-27-35-43-57(5)6)83-66(71)49-41-33-21-17-13-14-18-26-34-42-56(3)4/h56-62,67H,9-55H2,1-8H3,(H,72,73)(H,74,75)/t58?,59?,60-,61+,62+/m0/s1. The van der Waals surface area contributed by atoms with Crippen molar-refractivity contribution < 1.29 is 80.2 Å². The van der Waals surface area contributed by atoms with Crippen molar-refractivity contribution in [1.29, 1.82) is 0 Å². The molecule has 0 saturated carbocycles. The number of phosphoric ester groups is 2. The Hall–Kier alpha value is -1.94. The van der Waals surface area contributed by atoms with Gasteiger partial charge in [-0.3, -0.25) is 37.3 Å². The predicted molar refractivity (Wildman–Crippen MR) is 340 cm³/mol. The van der Waals surface area contributed by atoms with E-state index < -0.39 is 97.5 Å². The van der Waals surface area contributed by atoms with Gasteiger partial charge in [0.1, 0.15) is 19.3 Å². The summed E-state index contributed by atoms with van der Waals surface area (Å²) in [6.07, 6.45) is 36.3. The summed E-state index contributed by atoms with van der Waals surface area (Å²) in [5.74, 6) is 0.811. The van der Waals surface area contributed by atoms with E-state index in [2.05, 4.69) is 55.4 Å². The highest BCUT2D eigenvalue weighted by Crippen LogP contribution is 2.45. The zero-order valence-corrected chi connectivity index (χ0v) is 57.0. The quantitative estimate of drug-likeness (QED) is 0.0222. The van der Waals surface area contributed by atoms with Gasteiger partial charge in [0.2, 0.25) is 0 Å². The van der Waals surface area contributed by atoms with Crippen LogP contribution < -0.4 is 0 Å². The molecule has 0 bridgehead atoms. The molecule has 19 heteroatoms. The SMILES string of the molecule is CCC(C)CCCCCCCCCCCCC(=O)O[C@H](COC(=O)CCCCCCCCC(C)CC)COP(=O)(O)OC[C@@H](O)COP(=O)(O)OC[C@@H](COC(=O)CCCCCCCCC(C)C)OC(=O)CCCCCCCCCCCC(C)C. The number of rotatable bonds is 63. The van der Waals surface area contributed by atoms with Gasteiger partial charge in [-0.15, -0.1) is 0 Å². The molecule has 0 aromatic rings. The fraction of sp³-hybridized carbons (Fsp3) is 0.939. The molecule has 85 heavy (non-hydrogen) atoms. The van der Waals surface area contributed by atoms with E-state index in [0.29, 0.717) is 31.6 Å². The lowest BCUT2D eigenvalue weighted by Crippen LogP contribution is -2.30. The number of phosphoric acid groups is 2. The van der Waals surface area contributed by atoms with Crippen molar-refractivity contribution in [3.8, 4) is 0 Å². The molecule has 504 valence electrons. The van der Waals surface area contributed by atoms with Crippen molar-refractivity contribution in [3.05, 3.63) is 0 Å². The highest BCUT2D eigenvalue weighted by molar-refractivity contribution is 7.47. The zero-order valence-electron chi connectivity index (χ0n) is 55.2. The minimum atomic E-state index is -4.95. The molecule has 7 atom stereocenters. The lowest BCUT2D eigenvalue weighted by molar-refractivity contribution is -0.161. The number of unbranched alkanes of at least 4 members (excludes halogenated alkanes) is 27. The van der Waals surface area contributed by atoms with E-state index in [4.69, 9.17) is 37.0 Å². The van der Waals surface area contributed by atoms with Gasteiger partial charge in [-0.25, -0.2) is 9.13 Å². The Morgan fingerprint density at radius 1 is 0.329 bits per heavy atom. The number of aliphatic hydroxyl groups excluding tert-OH is 1. The first kappa shape index (κ1) is 83.1. The fourth-order valence-corrected chi connectivity index (χ4v) is 11.3. The van der Waals surface area contributed by atoms with Crippen LogP contribution in [0.25, 0.3) is 0 Å². The molecule has 0 fully saturated rings. The molecule has 0 aromatic heterocycles. The van der Waals surface area contributed by atoms with E-state index in [9.17, 15) is 43.2 Å². The monoisotopic (exact) mass is 1250 g/mol. The Labute approximate surface area is 517 Å². The first-order valence-corrected chi connectivity index (χ1v) is 37.3. The van der Waals surface area contributed by atoms with Gasteiger partial charge >= 0.3 is 39.5 Å². The van der Waals surface area contributed by atoms with Gasteiger partial charge in [0.15, 0.2) is 12.2 Å². The summed E-state index contributed by atoms with van der Waals surface area (Å²) < 4.78 is 68.1. The van der Waals surface area contributed by atoms with Crippen LogP contribution >= 0.6 is 15.6 Å². The Kier molecular flexibility index (Phi) is 54.8. The van der Waals surface area contributed by atoms with Crippen molar-refractivity contribution in [2.45, 2.75) is 337 Å². The van der Waals surface area contributed by atoms with Crippen LogP contribution in [0, 0.1) is 23.7 Å². The van der Waals surface area contributed by atoms with Crippen LogP contribution in [0.2, 0.25) is 0 Å². The second-order valence-electron chi connectivity index (χ2n) is 25.3. The van der Waals surface area contributed by atoms with E-state index in [1.807, 2.05) is 0 Å². The average Bonchev–Trinajstić information content (AvgIpc) is 3.62. The molecule has 3 N–H and O–H groups in total. The second kappa shape index (κ2) is 56.1. The highest BCUT2D eigenvalue weighted by atomic mass is 31.2. The number of hydrogen-bond acceptors (Lipinski definition) is 15. The average molecular weight is 1260 g/mol. The molecule has 4 unspecified atom stereocenters. The van der Waals surface area contributed by atoms with Gasteiger partial charge < -0.3 is 33.8 Å². The molecule has 0 rings (SSSR count). The Balaban J connectivity index is 5.26. The van der Waals surface area contributed by atoms with Gasteiger partial charge in [-0.05, 0) is 49.4 Å². The maximum atomic E-state index is 13.0. The molecular formula is C66H128O17P2. The number of aliphatic hydroxyl groups is 1. The van der Waals surface area contributed by atoms with E-state index in [-0.39, 0.29) is 25.7 Å². The minimum Gasteiger partial charge on any atom is -0.462 e. The van der Waals surface area contributed by atoms with Crippen molar-refractivity contribution in [2.24, 2.45) is 23.7 Å². The Bertz CT molecular complexity index is 1700. The second-order valence-corrected chi connectivity index (χ2v) is 28.2. The van der Waals surface area contributed by atoms with Crippen molar-refractivity contribution in [2.75, 3.05) is 39.6 Å². The summed E-state index contributed by atoms with van der Waals surface area (Å²) in [5.41, 5.74) is 0. The Morgan fingerprint density at radius 3 is 0.835 bits per heavy atom. The van der Waals surface area contributed by atoms with Gasteiger partial charge in [-0.1, -0.05) is 267 Å². The van der Waals surface area contributed by atoms with Gasteiger partial charge in [-0.2, -0.15) is 0 Å². The van der Waals surface area contributed by atoms with Crippen molar-refractivity contribution in [3.63, 3.8) is 0 Å². The van der Waals surface area contributed by atoms with Crippen LogP contribution in [0.5, 0.6) is 0 Å². The largest absolute Gasteiger partial charge is 0.472 e. The number of carbonyl (C=O) groups excluding carboxylic acids is 4. The summed E-state index contributed by atoms with van der Waals surface area (Å²) in [4.78, 5) is 72.3. The third-order valence-electron chi connectivity index (χ3n) is 15.8. The van der Waals surface area contributed by atoms with Crippen LogP contribution in [0.1, 0.15) is 319 Å². The number of carbonyl (C=O) groups is 4. The molecule has 0 spiro atoms. The lowest BCUT2D eigenvalue weighted by atomic mass is 9.99. The number of ether oxygens (including phenoxy) is 4. The van der Waals surface area contributed by atoms with Crippen LogP contribution in [0.4, 0.5) is 0 Å². The van der Waals surface area contributed by atoms with Crippen LogP contribution in [-0.4, -0.2) is 96.7 Å². The molecule has 0 heterocycles. The normalized spacial score (nSPS) is 15.0. The fourth-order valence-electron chi connectivity index (χ4n) is 9.72. The number of hydrogen-bond donors (Lipinski definition) is 3. The van der Waals surface area contributed by atoms with E-state index >= 15 is 0 Å².